The molecule has 0 saturated carbocycles. The molecule has 4 nitrogen and oxygen atoms in total. The van der Waals surface area contributed by atoms with Gasteiger partial charge in [-0.25, -0.2) is 0 Å². The van der Waals surface area contributed by atoms with Crippen LogP contribution in [0.15, 0.2) is 0 Å². The van der Waals surface area contributed by atoms with E-state index < -0.39 is 0 Å². The lowest BCUT2D eigenvalue weighted by Gasteiger charge is -2.29. The zero-order chi connectivity index (χ0) is 13.6. The maximum Gasteiger partial charge on any atom is 0.237 e. The van der Waals surface area contributed by atoms with Crippen molar-refractivity contribution < 1.29 is 4.79 Å². The van der Waals surface area contributed by atoms with Crippen molar-refractivity contribution in [3.05, 3.63) is 0 Å². The van der Waals surface area contributed by atoms with E-state index in [2.05, 4.69) is 10.2 Å². The normalized spacial score (nSPS) is 14.8. The molecule has 0 bridgehead atoms. The molecule has 2 unspecified atom stereocenters. The van der Waals surface area contributed by atoms with Crippen LogP contribution in [-0.2, 0) is 4.79 Å². The van der Waals surface area contributed by atoms with E-state index in [1.54, 1.807) is 0 Å². The van der Waals surface area contributed by atoms with Gasteiger partial charge < -0.3 is 11.1 Å². The molecule has 0 spiro atoms. The van der Waals surface area contributed by atoms with Crippen LogP contribution in [0.4, 0.5) is 0 Å². The summed E-state index contributed by atoms with van der Waals surface area (Å²) in [6.07, 6.45) is 0. The Bertz CT molecular complexity index is 268. The zero-order valence-corrected chi connectivity index (χ0v) is 12.3. The zero-order valence-electron chi connectivity index (χ0n) is 11.5. The van der Waals surface area contributed by atoms with Gasteiger partial charge in [0.05, 0.1) is 11.0 Å². The van der Waals surface area contributed by atoms with Gasteiger partial charge in [0.15, 0.2) is 0 Å². The number of nitrogens with zero attached hydrogens (tertiary/aromatic N) is 1. The number of nitrogens with one attached hydrogen (secondary N) is 1. The number of rotatable bonds is 7. The Balaban J connectivity index is 4.44. The molecule has 1 amide bonds. The second-order valence-electron chi connectivity index (χ2n) is 4.73. The van der Waals surface area contributed by atoms with Crippen LogP contribution < -0.4 is 11.1 Å². The Morgan fingerprint density at radius 2 is 1.88 bits per heavy atom. The number of carbonyl (C=O) groups excluding carboxylic acids is 1. The van der Waals surface area contributed by atoms with E-state index in [-0.39, 0.29) is 23.9 Å². The summed E-state index contributed by atoms with van der Waals surface area (Å²) >= 11 is 4.96. The molecular formula is C12H25N3OS. The number of carbonyl (C=O) groups is 1. The van der Waals surface area contributed by atoms with Crippen LogP contribution in [-0.4, -0.2) is 41.0 Å². The Morgan fingerprint density at radius 3 is 2.24 bits per heavy atom. The molecule has 0 fully saturated rings. The van der Waals surface area contributed by atoms with E-state index in [1.165, 1.54) is 0 Å². The van der Waals surface area contributed by atoms with Gasteiger partial charge in [0, 0.05) is 18.5 Å². The van der Waals surface area contributed by atoms with Crippen LogP contribution in [0.3, 0.4) is 0 Å². The summed E-state index contributed by atoms with van der Waals surface area (Å²) < 4.78 is 0. The molecule has 0 saturated heterocycles. The fourth-order valence-corrected chi connectivity index (χ4v) is 1.65. The molecule has 3 N–H and O–H groups in total. The maximum absolute atomic E-state index is 11.9. The van der Waals surface area contributed by atoms with Gasteiger partial charge in [-0.05, 0) is 27.3 Å². The second-order valence-corrected chi connectivity index (χ2v) is 5.20. The van der Waals surface area contributed by atoms with Crippen molar-refractivity contribution in [2.75, 3.05) is 13.1 Å². The number of nitrogens with two attached hydrogens (primary N) is 1. The topological polar surface area (TPSA) is 58.4 Å². The van der Waals surface area contributed by atoms with E-state index >= 15 is 0 Å². The van der Waals surface area contributed by atoms with E-state index in [0.717, 1.165) is 13.1 Å². The van der Waals surface area contributed by atoms with Crippen molar-refractivity contribution in [3.63, 3.8) is 0 Å². The average Bonchev–Trinajstić information content (AvgIpc) is 2.23. The quantitative estimate of drug-likeness (QED) is 0.673. The Labute approximate surface area is 110 Å². The molecule has 17 heavy (non-hydrogen) atoms. The summed E-state index contributed by atoms with van der Waals surface area (Å²) in [5, 5.41) is 2.92. The summed E-state index contributed by atoms with van der Waals surface area (Å²) in [7, 11) is 0. The molecule has 0 aliphatic heterocycles. The lowest BCUT2D eigenvalue weighted by Crippen LogP contribution is -2.49. The van der Waals surface area contributed by atoms with Gasteiger partial charge in [-0.3, -0.25) is 9.69 Å². The van der Waals surface area contributed by atoms with Crippen LogP contribution in [0, 0.1) is 5.92 Å². The van der Waals surface area contributed by atoms with Crippen LogP contribution in [0.2, 0.25) is 0 Å². The fraction of sp³-hybridized carbons (Fsp3) is 0.833. The van der Waals surface area contributed by atoms with Crippen LogP contribution >= 0.6 is 12.2 Å². The van der Waals surface area contributed by atoms with E-state index in [9.17, 15) is 4.79 Å². The highest BCUT2D eigenvalue weighted by Gasteiger charge is 2.22. The van der Waals surface area contributed by atoms with Gasteiger partial charge in [0.2, 0.25) is 5.91 Å². The third-order valence-corrected chi connectivity index (χ3v) is 3.16. The average molecular weight is 259 g/mol. The molecule has 0 radical (unpaired) electrons. The predicted molar refractivity (Wildman–Crippen MR) is 75.9 cm³/mol. The van der Waals surface area contributed by atoms with Crippen LogP contribution in [0.25, 0.3) is 0 Å². The lowest BCUT2D eigenvalue weighted by molar-refractivity contribution is -0.126. The number of thiocarbonyl (C=S) groups is 1. The fourth-order valence-electron chi connectivity index (χ4n) is 1.57. The largest absolute Gasteiger partial charge is 0.393 e. The molecule has 0 aromatic carbocycles. The first kappa shape index (κ1) is 16.3. The van der Waals surface area contributed by atoms with E-state index in [1.807, 2.05) is 34.6 Å². The Morgan fingerprint density at radius 1 is 1.35 bits per heavy atom. The van der Waals surface area contributed by atoms with Gasteiger partial charge in [-0.15, -0.1) is 0 Å². The predicted octanol–water partition coefficient (Wildman–Crippen LogP) is 1.14. The highest BCUT2D eigenvalue weighted by molar-refractivity contribution is 7.80. The third-order valence-electron chi connectivity index (χ3n) is 2.76. The molecule has 0 aliphatic rings. The van der Waals surface area contributed by atoms with E-state index in [0.29, 0.717) is 4.99 Å². The first-order valence-corrected chi connectivity index (χ1v) is 6.54. The molecule has 0 aliphatic carbocycles. The third kappa shape index (κ3) is 5.98. The first-order chi connectivity index (χ1) is 7.79. The van der Waals surface area contributed by atoms with Crippen molar-refractivity contribution in [2.45, 2.75) is 46.7 Å². The molecule has 0 aromatic heterocycles. The van der Waals surface area contributed by atoms with Gasteiger partial charge in [-0.1, -0.05) is 26.1 Å². The highest BCUT2D eigenvalue weighted by atomic mass is 32.1. The molecule has 0 aromatic rings. The highest BCUT2D eigenvalue weighted by Crippen LogP contribution is 2.06. The summed E-state index contributed by atoms with van der Waals surface area (Å²) in [5.41, 5.74) is 5.60. The summed E-state index contributed by atoms with van der Waals surface area (Å²) in [6.45, 7) is 11.4. The van der Waals surface area contributed by atoms with Crippen molar-refractivity contribution in [3.8, 4) is 0 Å². The van der Waals surface area contributed by atoms with Gasteiger partial charge in [0.1, 0.15) is 0 Å². The van der Waals surface area contributed by atoms with Gasteiger partial charge in [-0.2, -0.15) is 0 Å². The van der Waals surface area contributed by atoms with Gasteiger partial charge >= 0.3 is 0 Å². The minimum Gasteiger partial charge on any atom is -0.393 e. The number of hydrogen-bond acceptors (Lipinski definition) is 3. The molecule has 100 valence electrons. The minimum atomic E-state index is -0.154. The number of amides is 1. The summed E-state index contributed by atoms with van der Waals surface area (Å²) in [6, 6.07) is 0.0101. The first-order valence-electron chi connectivity index (χ1n) is 6.13. The maximum atomic E-state index is 11.9. The van der Waals surface area contributed by atoms with Crippen molar-refractivity contribution in [2.24, 2.45) is 11.7 Å². The van der Waals surface area contributed by atoms with Crippen molar-refractivity contribution >= 4 is 23.1 Å². The minimum absolute atomic E-state index is 0.0528. The second kappa shape index (κ2) is 7.61. The SMILES string of the molecule is CCN(CC(C)C(N)=S)C(C)C(=O)NC(C)C. The standard InChI is InChI=1S/C12H25N3OS/c1-6-15(7-9(4)11(13)17)10(5)12(16)14-8(2)3/h8-10H,6-7H2,1-5H3,(H2,13,17)(H,14,16). The Hall–Kier alpha value is -0.680. The van der Waals surface area contributed by atoms with Crippen molar-refractivity contribution in [1.82, 2.24) is 10.2 Å². The number of hydrogen-bond donors (Lipinski definition) is 2. The van der Waals surface area contributed by atoms with Crippen molar-refractivity contribution in [1.29, 1.82) is 0 Å². The molecule has 0 rings (SSSR count). The molecule has 0 heterocycles. The summed E-state index contributed by atoms with van der Waals surface area (Å²) in [4.78, 5) is 14.5. The summed E-state index contributed by atoms with van der Waals surface area (Å²) in [5.74, 6) is 0.177. The Kier molecular flexibility index (Phi) is 7.30. The molecule has 5 heteroatoms. The van der Waals surface area contributed by atoms with Crippen LogP contribution in [0.1, 0.15) is 34.6 Å². The van der Waals surface area contributed by atoms with Crippen LogP contribution in [0.5, 0.6) is 0 Å². The monoisotopic (exact) mass is 259 g/mol. The van der Waals surface area contributed by atoms with Gasteiger partial charge in [0.25, 0.3) is 0 Å². The van der Waals surface area contributed by atoms with E-state index in [4.69, 9.17) is 18.0 Å². The smallest absolute Gasteiger partial charge is 0.237 e. The number of likely N-dealkylation sites (N-methyl/N-ethyl adjacent to an activating group) is 1. The molecular weight excluding hydrogens is 234 g/mol. The lowest BCUT2D eigenvalue weighted by atomic mass is 10.1. The molecule has 2 atom stereocenters.